The Bertz CT molecular complexity index is 786. The predicted octanol–water partition coefficient (Wildman–Crippen LogP) is 2.33. The highest BCUT2D eigenvalue weighted by atomic mass is 16.4. The predicted molar refractivity (Wildman–Crippen MR) is 81.6 cm³/mol. The zero-order chi connectivity index (χ0) is 16.2. The van der Waals surface area contributed by atoms with Gasteiger partial charge in [-0.25, -0.2) is 9.78 Å². The van der Waals surface area contributed by atoms with Gasteiger partial charge in [-0.05, 0) is 23.5 Å². The van der Waals surface area contributed by atoms with Crippen molar-refractivity contribution < 1.29 is 14.7 Å². The third-order valence-corrected chi connectivity index (χ3v) is 4.21. The summed E-state index contributed by atoms with van der Waals surface area (Å²) >= 11 is 0. The lowest BCUT2D eigenvalue weighted by molar-refractivity contribution is -0.146. The molecular weight excluding hydrogens is 282 g/mol. The van der Waals surface area contributed by atoms with E-state index in [0.29, 0.717) is 17.8 Å². The highest BCUT2D eigenvalue weighted by molar-refractivity contribution is 6.10. The van der Waals surface area contributed by atoms with E-state index >= 15 is 0 Å². The Morgan fingerprint density at radius 3 is 2.73 bits per heavy atom. The molecule has 1 amide bonds. The summed E-state index contributed by atoms with van der Waals surface area (Å²) in [6, 6.07) is -0.884. The van der Waals surface area contributed by atoms with Gasteiger partial charge in [-0.3, -0.25) is 4.79 Å². The molecule has 1 atom stereocenters. The standard InChI is InChI=1S/C16H19N3O3/c1-8-5-17-13-11-9(6-18-13)14(20)19(7-10(8)11)12(15(21)22)16(2,3)4/h5-6,12H,7H2,1-4H3,(H,17,18)(H,21,22). The third kappa shape index (κ3) is 1.98. The van der Waals surface area contributed by atoms with Gasteiger partial charge in [0.1, 0.15) is 11.7 Å². The Kier molecular flexibility index (Phi) is 3.02. The summed E-state index contributed by atoms with van der Waals surface area (Å²) < 4.78 is 0. The van der Waals surface area contributed by atoms with Crippen LogP contribution in [0.15, 0.2) is 12.4 Å². The Morgan fingerprint density at radius 2 is 2.14 bits per heavy atom. The monoisotopic (exact) mass is 301 g/mol. The number of carboxylic acid groups (broad SMARTS) is 1. The first-order valence-electron chi connectivity index (χ1n) is 7.21. The van der Waals surface area contributed by atoms with Gasteiger partial charge in [0.05, 0.1) is 5.56 Å². The lowest BCUT2D eigenvalue weighted by Gasteiger charge is -2.39. The first-order valence-corrected chi connectivity index (χ1v) is 7.21. The number of carboxylic acids is 1. The maximum atomic E-state index is 12.8. The van der Waals surface area contributed by atoms with Crippen LogP contribution in [0, 0.1) is 12.3 Å². The molecule has 22 heavy (non-hydrogen) atoms. The first-order chi connectivity index (χ1) is 10.2. The number of nitrogens with one attached hydrogen (secondary N) is 1. The molecule has 0 aromatic carbocycles. The number of pyridine rings is 1. The fraction of sp³-hybridized carbons (Fsp3) is 0.438. The molecule has 0 aliphatic carbocycles. The van der Waals surface area contributed by atoms with E-state index in [2.05, 4.69) is 9.97 Å². The number of nitrogens with zero attached hydrogens (tertiary/aromatic N) is 2. The van der Waals surface area contributed by atoms with Crippen LogP contribution < -0.4 is 0 Å². The number of rotatable bonds is 2. The molecule has 0 bridgehead atoms. The van der Waals surface area contributed by atoms with Crippen molar-refractivity contribution in [3.63, 3.8) is 0 Å². The third-order valence-electron chi connectivity index (χ3n) is 4.21. The average Bonchev–Trinajstić information content (AvgIpc) is 2.81. The van der Waals surface area contributed by atoms with E-state index in [9.17, 15) is 14.7 Å². The van der Waals surface area contributed by atoms with E-state index in [1.807, 2.05) is 27.7 Å². The van der Waals surface area contributed by atoms with Gasteiger partial charge in [0.25, 0.3) is 5.91 Å². The number of aryl methyl sites for hydroxylation is 1. The Labute approximate surface area is 128 Å². The molecule has 2 aromatic heterocycles. The number of carbonyl (C=O) groups excluding carboxylic acids is 1. The minimum atomic E-state index is -0.984. The van der Waals surface area contributed by atoms with Crippen molar-refractivity contribution in [1.82, 2.24) is 14.9 Å². The number of hydrogen-bond donors (Lipinski definition) is 2. The summed E-state index contributed by atoms with van der Waals surface area (Å²) in [4.78, 5) is 33.3. The molecule has 116 valence electrons. The lowest BCUT2D eigenvalue weighted by Crippen LogP contribution is -2.52. The van der Waals surface area contributed by atoms with Crippen molar-refractivity contribution in [2.45, 2.75) is 40.3 Å². The Hall–Kier alpha value is -2.37. The highest BCUT2D eigenvalue weighted by Gasteiger charge is 2.42. The summed E-state index contributed by atoms with van der Waals surface area (Å²) in [7, 11) is 0. The van der Waals surface area contributed by atoms with E-state index < -0.39 is 17.4 Å². The minimum absolute atomic E-state index is 0.256. The Balaban J connectivity index is 2.17. The van der Waals surface area contributed by atoms with Crippen LogP contribution >= 0.6 is 0 Å². The first kappa shape index (κ1) is 14.6. The summed E-state index contributed by atoms with van der Waals surface area (Å²) in [5, 5.41) is 10.4. The van der Waals surface area contributed by atoms with Gasteiger partial charge >= 0.3 is 5.97 Å². The van der Waals surface area contributed by atoms with Crippen LogP contribution in [-0.4, -0.2) is 37.9 Å². The molecule has 1 aliphatic rings. The average molecular weight is 301 g/mol. The molecule has 0 saturated carbocycles. The van der Waals surface area contributed by atoms with E-state index in [0.717, 1.165) is 16.5 Å². The van der Waals surface area contributed by atoms with Crippen LogP contribution in [0.4, 0.5) is 0 Å². The number of carbonyl (C=O) groups is 2. The number of amides is 1. The fourth-order valence-electron chi connectivity index (χ4n) is 3.21. The van der Waals surface area contributed by atoms with Crippen LogP contribution in [-0.2, 0) is 11.3 Å². The molecule has 6 nitrogen and oxygen atoms in total. The molecule has 1 aliphatic heterocycles. The quantitative estimate of drug-likeness (QED) is 0.891. The van der Waals surface area contributed by atoms with E-state index in [1.165, 1.54) is 4.90 Å². The van der Waals surface area contributed by atoms with Crippen LogP contribution in [0.2, 0.25) is 0 Å². The second-order valence-corrected chi connectivity index (χ2v) is 6.89. The number of aromatic nitrogens is 2. The molecule has 3 heterocycles. The molecule has 2 aromatic rings. The van der Waals surface area contributed by atoms with Crippen molar-refractivity contribution >= 4 is 22.9 Å². The van der Waals surface area contributed by atoms with E-state index in [1.54, 1.807) is 12.4 Å². The van der Waals surface area contributed by atoms with Crippen molar-refractivity contribution in [3.8, 4) is 0 Å². The smallest absolute Gasteiger partial charge is 0.326 e. The lowest BCUT2D eigenvalue weighted by atomic mass is 9.84. The van der Waals surface area contributed by atoms with Gasteiger partial charge in [-0.15, -0.1) is 0 Å². The molecule has 1 unspecified atom stereocenters. The number of hydrogen-bond acceptors (Lipinski definition) is 3. The van der Waals surface area contributed by atoms with E-state index in [4.69, 9.17) is 0 Å². The van der Waals surface area contributed by atoms with Crippen LogP contribution in [0.5, 0.6) is 0 Å². The van der Waals surface area contributed by atoms with Gasteiger partial charge in [0.15, 0.2) is 0 Å². The van der Waals surface area contributed by atoms with Gasteiger partial charge in [-0.1, -0.05) is 20.8 Å². The summed E-state index contributed by atoms with van der Waals surface area (Å²) in [6.07, 6.45) is 3.37. The summed E-state index contributed by atoms with van der Waals surface area (Å²) in [5.41, 5.74) is 2.55. The van der Waals surface area contributed by atoms with Gasteiger partial charge < -0.3 is 15.0 Å². The Morgan fingerprint density at radius 1 is 1.45 bits per heavy atom. The fourth-order valence-corrected chi connectivity index (χ4v) is 3.21. The number of aliphatic carboxylic acids is 1. The molecule has 0 spiro atoms. The molecular formula is C16H19N3O3. The largest absolute Gasteiger partial charge is 0.480 e. The molecule has 0 fully saturated rings. The van der Waals surface area contributed by atoms with Crippen LogP contribution in [0.3, 0.4) is 0 Å². The number of H-pyrrole nitrogens is 1. The maximum Gasteiger partial charge on any atom is 0.326 e. The summed E-state index contributed by atoms with van der Waals surface area (Å²) in [6.45, 7) is 7.73. The zero-order valence-corrected chi connectivity index (χ0v) is 13.1. The van der Waals surface area contributed by atoms with Crippen LogP contribution in [0.25, 0.3) is 11.0 Å². The van der Waals surface area contributed by atoms with Crippen molar-refractivity contribution in [2.24, 2.45) is 5.41 Å². The second-order valence-electron chi connectivity index (χ2n) is 6.89. The van der Waals surface area contributed by atoms with Gasteiger partial charge in [0, 0.05) is 24.3 Å². The molecule has 3 rings (SSSR count). The van der Waals surface area contributed by atoms with Gasteiger partial charge in [-0.2, -0.15) is 0 Å². The van der Waals surface area contributed by atoms with Gasteiger partial charge in [0.2, 0.25) is 0 Å². The SMILES string of the molecule is Cc1cnc2[nH]cc3c2c1CN(C(C(=O)O)C(C)(C)C)C3=O. The zero-order valence-electron chi connectivity index (χ0n) is 13.1. The van der Waals surface area contributed by atoms with Crippen LogP contribution in [0.1, 0.15) is 42.3 Å². The summed E-state index contributed by atoms with van der Waals surface area (Å²) in [5.74, 6) is -1.24. The van der Waals surface area contributed by atoms with Crippen molar-refractivity contribution in [3.05, 3.63) is 29.1 Å². The number of aromatic amines is 1. The molecule has 0 radical (unpaired) electrons. The van der Waals surface area contributed by atoms with Crippen molar-refractivity contribution in [1.29, 1.82) is 0 Å². The maximum absolute atomic E-state index is 12.8. The normalized spacial score (nSPS) is 16.2. The molecule has 6 heteroatoms. The highest BCUT2D eigenvalue weighted by Crippen LogP contribution is 2.35. The molecule has 2 N–H and O–H groups in total. The molecule has 0 saturated heterocycles. The van der Waals surface area contributed by atoms with E-state index in [-0.39, 0.29) is 5.91 Å². The van der Waals surface area contributed by atoms with Crippen molar-refractivity contribution in [2.75, 3.05) is 0 Å². The topological polar surface area (TPSA) is 86.3 Å². The minimum Gasteiger partial charge on any atom is -0.480 e. The second kappa shape index (κ2) is 4.56.